The van der Waals surface area contributed by atoms with Crippen molar-refractivity contribution < 1.29 is 32.7 Å². The minimum Gasteiger partial charge on any atom is -0.466 e. The summed E-state index contributed by atoms with van der Waals surface area (Å²) in [5, 5.41) is 0. The molecular formula is C31H46F2O5. The Morgan fingerprint density at radius 2 is 1.74 bits per heavy atom. The van der Waals surface area contributed by atoms with Gasteiger partial charge in [-0.2, -0.15) is 0 Å². The molecule has 38 heavy (non-hydrogen) atoms. The topological polar surface area (TPSA) is 77.5 Å². The third-order valence-corrected chi connectivity index (χ3v) is 11.8. The molecule has 0 bridgehead atoms. The van der Waals surface area contributed by atoms with Crippen molar-refractivity contribution >= 4 is 23.3 Å². The molecule has 7 heteroatoms. The van der Waals surface area contributed by atoms with E-state index in [0.29, 0.717) is 32.1 Å². The predicted molar refractivity (Wildman–Crippen MR) is 140 cm³/mol. The quantitative estimate of drug-likeness (QED) is 0.336. The summed E-state index contributed by atoms with van der Waals surface area (Å²) in [7, 11) is 0. The number of carbonyl (C=O) groups excluding carboxylic acids is 4. The van der Waals surface area contributed by atoms with E-state index >= 15 is 0 Å². The molecule has 214 valence electrons. The number of ketones is 3. The number of carbonyl (C=O) groups is 4. The molecule has 0 aromatic rings. The number of halogens is 2. The van der Waals surface area contributed by atoms with Crippen molar-refractivity contribution in [2.75, 3.05) is 6.61 Å². The van der Waals surface area contributed by atoms with Gasteiger partial charge in [0.2, 0.25) is 0 Å². The molecule has 5 nitrogen and oxygen atoms in total. The molecule has 0 saturated heterocycles. The summed E-state index contributed by atoms with van der Waals surface area (Å²) in [6.45, 7) is 9.69. The third kappa shape index (κ3) is 4.89. The Bertz CT molecular complexity index is 983. The van der Waals surface area contributed by atoms with Gasteiger partial charge in [-0.1, -0.05) is 20.8 Å². The minimum absolute atomic E-state index is 0.0161. The third-order valence-electron chi connectivity index (χ3n) is 11.8. The average Bonchev–Trinajstić information content (AvgIpc) is 3.17. The van der Waals surface area contributed by atoms with E-state index < -0.39 is 22.7 Å². The van der Waals surface area contributed by atoms with Gasteiger partial charge in [0.25, 0.3) is 0 Å². The van der Waals surface area contributed by atoms with Crippen LogP contribution >= 0.6 is 0 Å². The summed E-state index contributed by atoms with van der Waals surface area (Å²) in [5.41, 5.74) is -4.84. The lowest BCUT2D eigenvalue weighted by Crippen LogP contribution is -2.60. The van der Waals surface area contributed by atoms with Crippen LogP contribution in [-0.2, 0) is 23.9 Å². The fourth-order valence-electron chi connectivity index (χ4n) is 8.66. The summed E-state index contributed by atoms with van der Waals surface area (Å²) >= 11 is 0. The van der Waals surface area contributed by atoms with Crippen LogP contribution in [0, 0.1) is 46.3 Å². The molecular weight excluding hydrogens is 490 g/mol. The molecule has 4 aliphatic carbocycles. The molecule has 4 fully saturated rings. The second kappa shape index (κ2) is 10.1. The van der Waals surface area contributed by atoms with Gasteiger partial charge in [-0.05, 0) is 81.5 Å². The molecule has 4 saturated carbocycles. The van der Waals surface area contributed by atoms with Gasteiger partial charge in [0.15, 0.2) is 0 Å². The van der Waals surface area contributed by atoms with Crippen LogP contribution < -0.4 is 0 Å². The van der Waals surface area contributed by atoms with Crippen molar-refractivity contribution in [2.24, 2.45) is 46.3 Å². The van der Waals surface area contributed by atoms with Crippen LogP contribution in [0.4, 0.5) is 8.78 Å². The second-order valence-corrected chi connectivity index (χ2v) is 14.1. The maximum atomic E-state index is 14.4. The van der Waals surface area contributed by atoms with Crippen LogP contribution in [0.25, 0.3) is 0 Å². The number of hydrogen-bond acceptors (Lipinski definition) is 5. The molecule has 0 aliphatic heterocycles. The molecule has 4 rings (SSSR count). The summed E-state index contributed by atoms with van der Waals surface area (Å²) in [6.07, 6.45) is 4.83. The van der Waals surface area contributed by atoms with Gasteiger partial charge in [0.05, 0.1) is 6.61 Å². The fourth-order valence-corrected chi connectivity index (χ4v) is 8.66. The molecule has 0 amide bonds. The number of Topliss-reactive ketones (excluding diaryl/α,β-unsaturated/α-hetero) is 3. The zero-order valence-corrected chi connectivity index (χ0v) is 24.0. The highest BCUT2D eigenvalue weighted by Crippen LogP contribution is 2.66. The molecule has 0 radical (unpaired) electrons. The zero-order chi connectivity index (χ0) is 28.3. The second-order valence-electron chi connectivity index (χ2n) is 14.1. The monoisotopic (exact) mass is 536 g/mol. The van der Waals surface area contributed by atoms with Crippen molar-refractivity contribution in [3.8, 4) is 0 Å². The summed E-state index contributed by atoms with van der Waals surface area (Å²) in [5.74, 6) is 0.426. The molecule has 9 atom stereocenters. The van der Waals surface area contributed by atoms with E-state index in [1.54, 1.807) is 0 Å². The Morgan fingerprint density at radius 1 is 1.05 bits per heavy atom. The van der Waals surface area contributed by atoms with Crippen LogP contribution in [0.3, 0.4) is 0 Å². The van der Waals surface area contributed by atoms with Gasteiger partial charge in [0, 0.05) is 49.9 Å². The first kappa shape index (κ1) is 29.3. The molecule has 0 spiro atoms. The van der Waals surface area contributed by atoms with E-state index in [4.69, 9.17) is 4.74 Å². The van der Waals surface area contributed by atoms with Gasteiger partial charge in [-0.15, -0.1) is 0 Å². The standard InChI is InChI=1S/C31H46F2O5/c1-18(7-10-26(37)38-14-13-30(5,33)28(2,3)32)21-8-9-22-27-23(17-25(36)31(21,22)6)29(4)12-11-20(34)15-19(29)16-24(27)35/h18-19,21-23,27H,7-17H2,1-6H3/t18-,19?,21-,22+,23+,27+,29+,30?,31-/m1/s1. The molecule has 0 N–H and O–H groups in total. The average molecular weight is 537 g/mol. The van der Waals surface area contributed by atoms with E-state index in [0.717, 1.165) is 19.3 Å². The summed E-state index contributed by atoms with van der Waals surface area (Å²) in [6, 6.07) is 0. The maximum absolute atomic E-state index is 14.4. The Kier molecular flexibility index (Phi) is 7.77. The van der Waals surface area contributed by atoms with Crippen LogP contribution in [0.5, 0.6) is 0 Å². The lowest BCUT2D eigenvalue weighted by atomic mass is 9.44. The molecule has 0 heterocycles. The SMILES string of the molecule is C[C@H](CCC(=O)OCCC(C)(F)C(C)(C)F)[C@H]1CC[C@H]2[C@@H]3C(=O)CC4CC(=O)CC[C@]4(C)[C@H]3CC(=O)[C@]12C. The normalized spacial score (nSPS) is 39.6. The molecule has 0 aromatic carbocycles. The minimum atomic E-state index is -2.09. The predicted octanol–water partition coefficient (Wildman–Crippen LogP) is 6.40. The van der Waals surface area contributed by atoms with E-state index in [9.17, 15) is 28.0 Å². The van der Waals surface area contributed by atoms with Crippen molar-refractivity contribution in [3.05, 3.63) is 0 Å². The number of fused-ring (bicyclic) bond motifs is 5. The van der Waals surface area contributed by atoms with Gasteiger partial charge in [-0.3, -0.25) is 19.2 Å². The van der Waals surface area contributed by atoms with Gasteiger partial charge in [0.1, 0.15) is 28.7 Å². The lowest BCUT2D eigenvalue weighted by Gasteiger charge is -2.58. The van der Waals surface area contributed by atoms with Crippen molar-refractivity contribution in [1.82, 2.24) is 0 Å². The largest absolute Gasteiger partial charge is 0.466 e. The Labute approximate surface area is 226 Å². The van der Waals surface area contributed by atoms with E-state index in [1.165, 1.54) is 20.8 Å². The van der Waals surface area contributed by atoms with Crippen molar-refractivity contribution in [2.45, 2.75) is 117 Å². The first-order valence-electron chi connectivity index (χ1n) is 14.6. The van der Waals surface area contributed by atoms with Gasteiger partial charge < -0.3 is 4.74 Å². The van der Waals surface area contributed by atoms with Crippen LogP contribution in [0.1, 0.15) is 106 Å². The van der Waals surface area contributed by atoms with Gasteiger partial charge >= 0.3 is 5.97 Å². The Morgan fingerprint density at radius 3 is 2.39 bits per heavy atom. The van der Waals surface area contributed by atoms with Crippen LogP contribution in [0.2, 0.25) is 0 Å². The Balaban J connectivity index is 1.39. The van der Waals surface area contributed by atoms with Crippen LogP contribution in [-0.4, -0.2) is 41.3 Å². The summed E-state index contributed by atoms with van der Waals surface area (Å²) < 4.78 is 33.6. The smallest absolute Gasteiger partial charge is 0.305 e. The van der Waals surface area contributed by atoms with Gasteiger partial charge in [-0.25, -0.2) is 8.78 Å². The van der Waals surface area contributed by atoms with Crippen molar-refractivity contribution in [1.29, 1.82) is 0 Å². The van der Waals surface area contributed by atoms with E-state index in [2.05, 4.69) is 20.8 Å². The highest BCUT2D eigenvalue weighted by atomic mass is 19.2. The number of esters is 1. The maximum Gasteiger partial charge on any atom is 0.305 e. The first-order chi connectivity index (χ1) is 17.5. The number of ether oxygens (including phenoxy) is 1. The Hall–Kier alpha value is -1.66. The van der Waals surface area contributed by atoms with Crippen molar-refractivity contribution in [3.63, 3.8) is 0 Å². The van der Waals surface area contributed by atoms with E-state index in [-0.39, 0.29) is 77.7 Å². The van der Waals surface area contributed by atoms with Crippen LogP contribution in [0.15, 0.2) is 0 Å². The highest BCUT2D eigenvalue weighted by Gasteiger charge is 2.66. The first-order valence-corrected chi connectivity index (χ1v) is 14.6. The number of alkyl halides is 2. The van der Waals surface area contributed by atoms with E-state index in [1.807, 2.05) is 0 Å². The number of hydrogen-bond donors (Lipinski definition) is 0. The number of rotatable bonds is 8. The molecule has 0 aromatic heterocycles. The highest BCUT2D eigenvalue weighted by molar-refractivity contribution is 5.93. The summed E-state index contributed by atoms with van der Waals surface area (Å²) in [4.78, 5) is 51.9. The molecule has 2 unspecified atom stereocenters. The fraction of sp³-hybridized carbons (Fsp3) is 0.871. The lowest BCUT2D eigenvalue weighted by molar-refractivity contribution is -0.166. The zero-order valence-electron chi connectivity index (χ0n) is 24.0. The molecule has 4 aliphatic rings.